The summed E-state index contributed by atoms with van der Waals surface area (Å²) in [6.45, 7) is 2.20. The van der Waals surface area contributed by atoms with Crippen molar-refractivity contribution in [3.63, 3.8) is 0 Å². The predicted octanol–water partition coefficient (Wildman–Crippen LogP) is 3.66. The molecule has 0 aliphatic heterocycles. The molecule has 1 nitrogen and oxygen atoms in total. The van der Waals surface area contributed by atoms with Crippen molar-refractivity contribution >= 4 is 5.78 Å². The summed E-state index contributed by atoms with van der Waals surface area (Å²) in [6.07, 6.45) is 14.9. The minimum atomic E-state index is 0.426. The van der Waals surface area contributed by atoms with Gasteiger partial charge in [0.15, 0.2) is 0 Å². The minimum Gasteiger partial charge on any atom is -0.300 e. The number of rotatable bonds is 5. The molecule has 1 unspecified atom stereocenters. The Morgan fingerprint density at radius 1 is 1.43 bits per heavy atom. The molecule has 0 saturated heterocycles. The van der Waals surface area contributed by atoms with E-state index in [9.17, 15) is 4.79 Å². The first kappa shape index (κ1) is 11.2. The van der Waals surface area contributed by atoms with Crippen molar-refractivity contribution in [1.82, 2.24) is 0 Å². The fourth-order valence-corrected chi connectivity index (χ4v) is 1.73. The summed E-state index contributed by atoms with van der Waals surface area (Å²) in [4.78, 5) is 11.0. The second-order valence-electron chi connectivity index (χ2n) is 4.00. The Morgan fingerprint density at radius 3 is 2.93 bits per heavy atom. The Balaban J connectivity index is 2.14. The lowest BCUT2D eigenvalue weighted by atomic mass is 10.1. The molecule has 0 aromatic rings. The molecule has 1 fully saturated rings. The summed E-state index contributed by atoms with van der Waals surface area (Å²) < 4.78 is 0. The Hall–Kier alpha value is -0.850. The topological polar surface area (TPSA) is 17.1 Å². The summed E-state index contributed by atoms with van der Waals surface area (Å²) >= 11 is 0. The smallest absolute Gasteiger partial charge is 0.133 e. The van der Waals surface area contributed by atoms with Crippen LogP contribution in [0.5, 0.6) is 0 Å². The standard InChI is InChI=1S/C13H20O/c1-2-3-4-5-6-7-8-12-9-10-13(14)11-12/h5-8,12H,2-4,9-11H2,1H3/b6-5+,8-7+. The van der Waals surface area contributed by atoms with E-state index < -0.39 is 0 Å². The van der Waals surface area contributed by atoms with Crippen LogP contribution in [0.3, 0.4) is 0 Å². The zero-order valence-corrected chi connectivity index (χ0v) is 9.04. The molecule has 0 radical (unpaired) electrons. The highest BCUT2D eigenvalue weighted by molar-refractivity contribution is 5.80. The van der Waals surface area contributed by atoms with Gasteiger partial charge >= 0.3 is 0 Å². The predicted molar refractivity (Wildman–Crippen MR) is 60.2 cm³/mol. The first-order chi connectivity index (χ1) is 6.83. The lowest BCUT2D eigenvalue weighted by Gasteiger charge is -1.96. The number of ketones is 1. The number of carbonyl (C=O) groups excluding carboxylic acids is 1. The Bertz CT molecular complexity index is 225. The van der Waals surface area contributed by atoms with E-state index in [1.165, 1.54) is 19.3 Å². The molecule has 1 atom stereocenters. The van der Waals surface area contributed by atoms with Crippen LogP contribution in [0.4, 0.5) is 0 Å². The van der Waals surface area contributed by atoms with Crippen molar-refractivity contribution in [3.05, 3.63) is 24.3 Å². The van der Waals surface area contributed by atoms with Gasteiger partial charge in [-0.3, -0.25) is 4.79 Å². The molecule has 0 heterocycles. The van der Waals surface area contributed by atoms with Crippen LogP contribution in [0, 0.1) is 5.92 Å². The first-order valence-electron chi connectivity index (χ1n) is 5.68. The van der Waals surface area contributed by atoms with E-state index in [0.29, 0.717) is 11.7 Å². The third kappa shape index (κ3) is 4.40. The fraction of sp³-hybridized carbons (Fsp3) is 0.615. The Labute approximate surface area is 86.9 Å². The van der Waals surface area contributed by atoms with E-state index in [2.05, 4.69) is 31.2 Å². The average Bonchev–Trinajstić information content (AvgIpc) is 2.58. The van der Waals surface area contributed by atoms with Crippen LogP contribution in [0.2, 0.25) is 0 Å². The van der Waals surface area contributed by atoms with Crippen LogP contribution in [-0.4, -0.2) is 5.78 Å². The van der Waals surface area contributed by atoms with Gasteiger partial charge in [-0.25, -0.2) is 0 Å². The number of hydrogen-bond acceptors (Lipinski definition) is 1. The molecule has 1 aliphatic carbocycles. The molecule has 0 bridgehead atoms. The molecule has 1 saturated carbocycles. The van der Waals surface area contributed by atoms with Gasteiger partial charge in [-0.15, -0.1) is 0 Å². The highest BCUT2D eigenvalue weighted by Crippen LogP contribution is 2.22. The monoisotopic (exact) mass is 192 g/mol. The van der Waals surface area contributed by atoms with Gasteiger partial charge in [-0.1, -0.05) is 44.1 Å². The minimum absolute atomic E-state index is 0.426. The van der Waals surface area contributed by atoms with Gasteiger partial charge in [0.1, 0.15) is 5.78 Å². The van der Waals surface area contributed by atoms with Gasteiger partial charge in [0.25, 0.3) is 0 Å². The molecule has 0 amide bonds. The zero-order chi connectivity index (χ0) is 10.2. The van der Waals surface area contributed by atoms with Gasteiger partial charge in [0, 0.05) is 12.8 Å². The van der Waals surface area contributed by atoms with Crippen LogP contribution >= 0.6 is 0 Å². The molecule has 1 aliphatic rings. The van der Waals surface area contributed by atoms with Gasteiger partial charge in [-0.2, -0.15) is 0 Å². The molecule has 0 aromatic heterocycles. The number of unbranched alkanes of at least 4 members (excludes halogenated alkanes) is 2. The van der Waals surface area contributed by atoms with Gasteiger partial charge < -0.3 is 0 Å². The number of allylic oxidation sites excluding steroid dienone is 4. The molecule has 0 spiro atoms. The van der Waals surface area contributed by atoms with Crippen LogP contribution in [0.15, 0.2) is 24.3 Å². The van der Waals surface area contributed by atoms with Gasteiger partial charge in [0.05, 0.1) is 0 Å². The van der Waals surface area contributed by atoms with E-state index in [0.717, 1.165) is 19.3 Å². The van der Waals surface area contributed by atoms with E-state index >= 15 is 0 Å². The second kappa shape index (κ2) is 6.58. The number of hydrogen-bond donors (Lipinski definition) is 0. The van der Waals surface area contributed by atoms with E-state index in [1.807, 2.05) is 0 Å². The molecule has 78 valence electrons. The van der Waals surface area contributed by atoms with Crippen LogP contribution in [0.1, 0.15) is 45.4 Å². The maximum absolute atomic E-state index is 11.0. The summed E-state index contributed by atoms with van der Waals surface area (Å²) in [5.74, 6) is 0.938. The normalized spacial score (nSPS) is 22.9. The van der Waals surface area contributed by atoms with Gasteiger partial charge in [-0.05, 0) is 18.8 Å². The molecule has 14 heavy (non-hydrogen) atoms. The second-order valence-corrected chi connectivity index (χ2v) is 4.00. The third-order valence-corrected chi connectivity index (χ3v) is 2.64. The van der Waals surface area contributed by atoms with Crippen molar-refractivity contribution in [3.8, 4) is 0 Å². The van der Waals surface area contributed by atoms with E-state index in [4.69, 9.17) is 0 Å². The molecule has 1 rings (SSSR count). The summed E-state index contributed by atoms with van der Waals surface area (Å²) in [5.41, 5.74) is 0. The average molecular weight is 192 g/mol. The van der Waals surface area contributed by atoms with E-state index in [-0.39, 0.29) is 0 Å². The first-order valence-corrected chi connectivity index (χ1v) is 5.68. The van der Waals surface area contributed by atoms with Crippen molar-refractivity contribution in [2.45, 2.75) is 45.4 Å². The Kier molecular flexibility index (Phi) is 5.28. The van der Waals surface area contributed by atoms with Crippen LogP contribution in [0.25, 0.3) is 0 Å². The van der Waals surface area contributed by atoms with Crippen LogP contribution in [-0.2, 0) is 4.79 Å². The lowest BCUT2D eigenvalue weighted by molar-refractivity contribution is -0.117. The van der Waals surface area contributed by atoms with Crippen molar-refractivity contribution in [1.29, 1.82) is 0 Å². The maximum Gasteiger partial charge on any atom is 0.133 e. The zero-order valence-electron chi connectivity index (χ0n) is 9.04. The Morgan fingerprint density at radius 2 is 2.29 bits per heavy atom. The largest absolute Gasteiger partial charge is 0.300 e. The van der Waals surface area contributed by atoms with Crippen molar-refractivity contribution < 1.29 is 4.79 Å². The SMILES string of the molecule is CCCC/C=C/C=C/C1CCC(=O)C1. The molecular formula is C13H20O. The highest BCUT2D eigenvalue weighted by Gasteiger charge is 2.18. The van der Waals surface area contributed by atoms with Crippen molar-refractivity contribution in [2.75, 3.05) is 0 Å². The summed E-state index contributed by atoms with van der Waals surface area (Å²) in [5, 5.41) is 0. The highest BCUT2D eigenvalue weighted by atomic mass is 16.1. The number of Topliss-reactive ketones (excluding diaryl/α,β-unsaturated/α-hetero) is 1. The van der Waals surface area contributed by atoms with Crippen LogP contribution < -0.4 is 0 Å². The summed E-state index contributed by atoms with van der Waals surface area (Å²) in [7, 11) is 0. The fourth-order valence-electron chi connectivity index (χ4n) is 1.73. The molecule has 0 aromatic carbocycles. The maximum atomic E-state index is 11.0. The third-order valence-electron chi connectivity index (χ3n) is 2.64. The van der Waals surface area contributed by atoms with Crippen molar-refractivity contribution in [2.24, 2.45) is 5.92 Å². The molecule has 0 N–H and O–H groups in total. The van der Waals surface area contributed by atoms with E-state index in [1.54, 1.807) is 0 Å². The lowest BCUT2D eigenvalue weighted by Crippen LogP contribution is -1.89. The number of carbonyl (C=O) groups is 1. The molecule has 1 heteroatoms. The van der Waals surface area contributed by atoms with Gasteiger partial charge in [0.2, 0.25) is 0 Å². The molecular weight excluding hydrogens is 172 g/mol. The quantitative estimate of drug-likeness (QED) is 0.480. The summed E-state index contributed by atoms with van der Waals surface area (Å²) in [6, 6.07) is 0.